The number of rotatable bonds is 1. The van der Waals surface area contributed by atoms with Crippen LogP contribution >= 0.6 is 0 Å². The number of aryl methyl sites for hydroxylation is 1. The van der Waals surface area contributed by atoms with Gasteiger partial charge in [0.15, 0.2) is 0 Å². The smallest absolute Gasteiger partial charge is 0.344 e. The predicted octanol–water partition coefficient (Wildman–Crippen LogP) is 1.88. The molecule has 2 aromatic rings. The van der Waals surface area contributed by atoms with E-state index in [-0.39, 0.29) is 5.97 Å². The number of fused-ring (bicyclic) bond motifs is 1. The van der Waals surface area contributed by atoms with Gasteiger partial charge >= 0.3 is 5.97 Å². The zero-order chi connectivity index (χ0) is 11.8. The summed E-state index contributed by atoms with van der Waals surface area (Å²) in [6.45, 7) is 0. The van der Waals surface area contributed by atoms with Crippen LogP contribution in [0.2, 0.25) is 0 Å². The van der Waals surface area contributed by atoms with Gasteiger partial charge in [-0.25, -0.2) is 4.79 Å². The van der Waals surface area contributed by atoms with E-state index >= 15 is 0 Å². The van der Waals surface area contributed by atoms with Crippen molar-refractivity contribution in [3.05, 3.63) is 47.8 Å². The molecule has 0 bridgehead atoms. The van der Waals surface area contributed by atoms with Crippen LogP contribution in [0.15, 0.2) is 36.7 Å². The Hall–Kier alpha value is -2.36. The summed E-state index contributed by atoms with van der Waals surface area (Å²) in [7, 11) is 1.84. The van der Waals surface area contributed by atoms with Gasteiger partial charge < -0.3 is 4.74 Å². The molecule has 0 unspecified atom stereocenters. The van der Waals surface area contributed by atoms with Gasteiger partial charge in [0, 0.05) is 24.4 Å². The van der Waals surface area contributed by atoms with Crippen molar-refractivity contribution < 1.29 is 9.53 Å². The average Bonchev–Trinajstić information content (AvgIpc) is 2.85. The normalized spacial score (nSPS) is 16.1. The van der Waals surface area contributed by atoms with E-state index in [0.29, 0.717) is 11.3 Å². The lowest BCUT2D eigenvalue weighted by molar-refractivity contribution is -0.126. The molecule has 4 nitrogen and oxygen atoms in total. The minimum absolute atomic E-state index is 0.310. The number of aromatic nitrogens is 2. The monoisotopic (exact) mass is 226 g/mol. The van der Waals surface area contributed by atoms with Gasteiger partial charge in [0.05, 0.1) is 11.8 Å². The van der Waals surface area contributed by atoms with Crippen molar-refractivity contribution in [2.75, 3.05) is 0 Å². The van der Waals surface area contributed by atoms with Crippen LogP contribution in [0.25, 0.3) is 11.6 Å². The molecule has 84 valence electrons. The van der Waals surface area contributed by atoms with Crippen LogP contribution in [0.5, 0.6) is 5.75 Å². The standard InChI is InChI=1S/C13H10N2O2/c1-15-8-9(7-14-15)6-11-10-4-2-3-5-12(10)17-13(11)16/h2-8H,1H3/b11-6-. The van der Waals surface area contributed by atoms with Gasteiger partial charge in [-0.15, -0.1) is 0 Å². The lowest BCUT2D eigenvalue weighted by Crippen LogP contribution is -2.00. The van der Waals surface area contributed by atoms with Crippen LogP contribution in [0.1, 0.15) is 11.1 Å². The van der Waals surface area contributed by atoms with Crippen LogP contribution in [0, 0.1) is 0 Å². The molecule has 0 saturated carbocycles. The molecule has 1 aromatic heterocycles. The third-order valence-electron chi connectivity index (χ3n) is 2.64. The molecule has 0 aliphatic carbocycles. The van der Waals surface area contributed by atoms with Gasteiger partial charge in [-0.2, -0.15) is 5.10 Å². The van der Waals surface area contributed by atoms with Crippen molar-refractivity contribution in [1.29, 1.82) is 0 Å². The maximum absolute atomic E-state index is 11.7. The summed E-state index contributed by atoms with van der Waals surface area (Å²) in [6, 6.07) is 7.40. The molecule has 0 amide bonds. The Labute approximate surface area is 98.1 Å². The molecule has 0 saturated heterocycles. The number of carbonyl (C=O) groups excluding carboxylic acids is 1. The van der Waals surface area contributed by atoms with Crippen molar-refractivity contribution in [2.24, 2.45) is 7.05 Å². The number of ether oxygens (including phenoxy) is 1. The SMILES string of the molecule is Cn1cc(/C=C2\C(=O)Oc3ccccc32)cn1. The fraction of sp³-hybridized carbons (Fsp3) is 0.0769. The van der Waals surface area contributed by atoms with Crippen LogP contribution in [-0.2, 0) is 11.8 Å². The van der Waals surface area contributed by atoms with E-state index in [1.807, 2.05) is 31.4 Å². The third-order valence-corrected chi connectivity index (χ3v) is 2.64. The molecule has 0 fully saturated rings. The van der Waals surface area contributed by atoms with E-state index in [0.717, 1.165) is 11.1 Å². The minimum Gasteiger partial charge on any atom is -0.422 e. The molecular weight excluding hydrogens is 216 g/mol. The highest BCUT2D eigenvalue weighted by Gasteiger charge is 2.26. The number of esters is 1. The van der Waals surface area contributed by atoms with E-state index in [2.05, 4.69) is 5.10 Å². The first kappa shape index (κ1) is 9.84. The molecule has 1 aromatic carbocycles. The van der Waals surface area contributed by atoms with E-state index in [1.165, 1.54) is 0 Å². The number of nitrogens with zero attached hydrogens (tertiary/aromatic N) is 2. The molecule has 0 radical (unpaired) electrons. The molecular formula is C13H10N2O2. The summed E-state index contributed by atoms with van der Waals surface area (Å²) in [5, 5.41) is 4.06. The van der Waals surface area contributed by atoms with E-state index in [1.54, 1.807) is 23.0 Å². The molecule has 2 heterocycles. The van der Waals surface area contributed by atoms with Gasteiger partial charge in [0.1, 0.15) is 5.75 Å². The number of hydrogen-bond acceptors (Lipinski definition) is 3. The van der Waals surface area contributed by atoms with Gasteiger partial charge in [-0.1, -0.05) is 18.2 Å². The van der Waals surface area contributed by atoms with Gasteiger partial charge in [0.2, 0.25) is 0 Å². The summed E-state index contributed by atoms with van der Waals surface area (Å²) in [4.78, 5) is 11.7. The first-order valence-electron chi connectivity index (χ1n) is 5.26. The van der Waals surface area contributed by atoms with Gasteiger partial charge in [-0.3, -0.25) is 4.68 Å². The van der Waals surface area contributed by atoms with Crippen molar-refractivity contribution in [3.63, 3.8) is 0 Å². The zero-order valence-corrected chi connectivity index (χ0v) is 9.25. The Balaban J connectivity index is 2.09. The third kappa shape index (κ3) is 1.63. The Morgan fingerprint density at radius 3 is 2.94 bits per heavy atom. The molecule has 0 N–H and O–H groups in total. The van der Waals surface area contributed by atoms with Gasteiger partial charge in [-0.05, 0) is 12.1 Å². The lowest BCUT2D eigenvalue weighted by Gasteiger charge is -1.93. The average molecular weight is 226 g/mol. The summed E-state index contributed by atoms with van der Waals surface area (Å²) in [5.41, 5.74) is 2.30. The fourth-order valence-corrected chi connectivity index (χ4v) is 1.86. The van der Waals surface area contributed by atoms with E-state index in [4.69, 9.17) is 4.74 Å². The largest absolute Gasteiger partial charge is 0.422 e. The molecule has 4 heteroatoms. The quantitative estimate of drug-likeness (QED) is 0.423. The van der Waals surface area contributed by atoms with Crippen molar-refractivity contribution in [1.82, 2.24) is 9.78 Å². The first-order chi connectivity index (χ1) is 8.24. The maximum atomic E-state index is 11.7. The highest BCUT2D eigenvalue weighted by atomic mass is 16.5. The van der Waals surface area contributed by atoms with Crippen molar-refractivity contribution in [2.45, 2.75) is 0 Å². The summed E-state index contributed by atoms with van der Waals surface area (Å²) >= 11 is 0. The Morgan fingerprint density at radius 2 is 2.18 bits per heavy atom. The molecule has 17 heavy (non-hydrogen) atoms. The predicted molar refractivity (Wildman–Crippen MR) is 63.2 cm³/mol. The van der Waals surface area contributed by atoms with E-state index < -0.39 is 0 Å². The highest BCUT2D eigenvalue weighted by Crippen LogP contribution is 2.34. The second-order valence-electron chi connectivity index (χ2n) is 3.89. The number of benzene rings is 1. The number of carbonyl (C=O) groups is 1. The fourth-order valence-electron chi connectivity index (χ4n) is 1.86. The first-order valence-corrected chi connectivity index (χ1v) is 5.26. The molecule has 3 rings (SSSR count). The maximum Gasteiger partial charge on any atom is 0.344 e. The second-order valence-corrected chi connectivity index (χ2v) is 3.89. The highest BCUT2D eigenvalue weighted by molar-refractivity contribution is 6.25. The zero-order valence-electron chi connectivity index (χ0n) is 9.25. The van der Waals surface area contributed by atoms with Crippen molar-refractivity contribution in [3.8, 4) is 5.75 Å². The topological polar surface area (TPSA) is 44.1 Å². The number of para-hydroxylation sites is 1. The number of hydrogen-bond donors (Lipinski definition) is 0. The minimum atomic E-state index is -0.310. The van der Waals surface area contributed by atoms with Crippen LogP contribution in [-0.4, -0.2) is 15.7 Å². The van der Waals surface area contributed by atoms with Gasteiger partial charge in [0.25, 0.3) is 0 Å². The Bertz CT molecular complexity index is 626. The second kappa shape index (κ2) is 3.59. The van der Waals surface area contributed by atoms with Crippen LogP contribution < -0.4 is 4.74 Å². The molecule has 1 aliphatic rings. The van der Waals surface area contributed by atoms with Crippen LogP contribution in [0.4, 0.5) is 0 Å². The summed E-state index contributed by atoms with van der Waals surface area (Å²) < 4.78 is 6.86. The molecule has 0 spiro atoms. The summed E-state index contributed by atoms with van der Waals surface area (Å²) in [6.07, 6.45) is 5.35. The molecule has 1 aliphatic heterocycles. The Kier molecular flexibility index (Phi) is 2.08. The summed E-state index contributed by atoms with van der Waals surface area (Å²) in [5.74, 6) is 0.308. The Morgan fingerprint density at radius 1 is 1.35 bits per heavy atom. The molecule has 0 atom stereocenters. The van der Waals surface area contributed by atoms with Crippen molar-refractivity contribution >= 4 is 17.6 Å². The lowest BCUT2D eigenvalue weighted by atomic mass is 10.1. The van der Waals surface area contributed by atoms with E-state index in [9.17, 15) is 4.79 Å². The van der Waals surface area contributed by atoms with Crippen LogP contribution in [0.3, 0.4) is 0 Å².